The lowest BCUT2D eigenvalue weighted by Crippen LogP contribution is -2.38. The monoisotopic (exact) mass is 406 g/mol. The Kier molecular flexibility index (Phi) is 5.49. The van der Waals surface area contributed by atoms with Crippen molar-refractivity contribution in [3.05, 3.63) is 94.5 Å². The minimum atomic E-state index is -0.222. The standard InChI is InChI=1S/C23H19ClN2O3/c24-19-9-6-16(7-10-19)13-25-23(28)18-8-11-21-20(12-18)26(22(27)15-29-21)14-17-4-2-1-3-5-17/h1-12H,13-15H2,(H,25,28). The molecule has 2 amide bonds. The number of carbonyl (C=O) groups is 2. The Morgan fingerprint density at radius 2 is 1.76 bits per heavy atom. The second-order valence-corrected chi connectivity index (χ2v) is 7.18. The number of halogens is 1. The molecule has 1 aliphatic rings. The first-order chi connectivity index (χ1) is 14.1. The topological polar surface area (TPSA) is 58.6 Å². The first kappa shape index (κ1) is 19.0. The van der Waals surface area contributed by atoms with Gasteiger partial charge in [-0.05, 0) is 41.5 Å². The molecule has 6 heteroatoms. The van der Waals surface area contributed by atoms with Crippen molar-refractivity contribution in [3.8, 4) is 5.75 Å². The molecule has 0 aromatic heterocycles. The lowest BCUT2D eigenvalue weighted by atomic mass is 10.1. The first-order valence-electron chi connectivity index (χ1n) is 9.24. The molecule has 3 aromatic carbocycles. The van der Waals surface area contributed by atoms with Gasteiger partial charge in [-0.25, -0.2) is 0 Å². The minimum Gasteiger partial charge on any atom is -0.482 e. The molecule has 0 fully saturated rings. The number of hydrogen-bond donors (Lipinski definition) is 1. The molecule has 3 aromatic rings. The Bertz CT molecular complexity index is 1040. The maximum atomic E-state index is 12.6. The van der Waals surface area contributed by atoms with Crippen molar-refractivity contribution in [1.82, 2.24) is 5.32 Å². The molecule has 1 heterocycles. The molecule has 0 bridgehead atoms. The second kappa shape index (κ2) is 8.37. The Labute approximate surface area is 173 Å². The van der Waals surface area contributed by atoms with Crippen LogP contribution in [0.15, 0.2) is 72.8 Å². The number of fused-ring (bicyclic) bond motifs is 1. The number of amides is 2. The third-order valence-electron chi connectivity index (χ3n) is 4.71. The van der Waals surface area contributed by atoms with Crippen molar-refractivity contribution in [1.29, 1.82) is 0 Å². The van der Waals surface area contributed by atoms with Crippen molar-refractivity contribution in [2.24, 2.45) is 0 Å². The van der Waals surface area contributed by atoms with Crippen LogP contribution in [0.4, 0.5) is 5.69 Å². The van der Waals surface area contributed by atoms with Gasteiger partial charge < -0.3 is 15.0 Å². The summed E-state index contributed by atoms with van der Waals surface area (Å²) in [5.41, 5.74) is 3.02. The van der Waals surface area contributed by atoms with E-state index >= 15 is 0 Å². The van der Waals surface area contributed by atoms with E-state index in [-0.39, 0.29) is 18.4 Å². The van der Waals surface area contributed by atoms with Crippen molar-refractivity contribution in [2.75, 3.05) is 11.5 Å². The van der Waals surface area contributed by atoms with E-state index in [9.17, 15) is 9.59 Å². The summed E-state index contributed by atoms with van der Waals surface area (Å²) in [6.07, 6.45) is 0. The largest absolute Gasteiger partial charge is 0.482 e. The quantitative estimate of drug-likeness (QED) is 0.691. The Morgan fingerprint density at radius 1 is 1.00 bits per heavy atom. The summed E-state index contributed by atoms with van der Waals surface area (Å²) >= 11 is 5.89. The van der Waals surface area contributed by atoms with E-state index in [1.54, 1.807) is 35.2 Å². The van der Waals surface area contributed by atoms with Crippen LogP contribution in [0.2, 0.25) is 5.02 Å². The van der Waals surface area contributed by atoms with Gasteiger partial charge >= 0.3 is 0 Å². The SMILES string of the molecule is O=C(NCc1ccc(Cl)cc1)c1ccc2c(c1)N(Cc1ccccc1)C(=O)CO2. The van der Waals surface area contributed by atoms with Crippen LogP contribution in [0.1, 0.15) is 21.5 Å². The number of benzene rings is 3. The number of nitrogens with zero attached hydrogens (tertiary/aromatic N) is 1. The van der Waals surface area contributed by atoms with Crippen LogP contribution in [0.25, 0.3) is 0 Å². The lowest BCUT2D eigenvalue weighted by molar-refractivity contribution is -0.121. The molecule has 29 heavy (non-hydrogen) atoms. The van der Waals surface area contributed by atoms with Gasteiger partial charge in [0.15, 0.2) is 6.61 Å². The van der Waals surface area contributed by atoms with Gasteiger partial charge in [-0.1, -0.05) is 54.1 Å². The van der Waals surface area contributed by atoms with Crippen molar-refractivity contribution in [2.45, 2.75) is 13.1 Å². The zero-order valence-corrected chi connectivity index (χ0v) is 16.4. The average molecular weight is 407 g/mol. The number of nitrogens with one attached hydrogen (secondary N) is 1. The van der Waals surface area contributed by atoms with Crippen LogP contribution in [0.5, 0.6) is 5.75 Å². The molecular formula is C23H19ClN2O3. The predicted octanol–water partition coefficient (Wildman–Crippen LogP) is 4.20. The Morgan fingerprint density at radius 3 is 2.52 bits per heavy atom. The number of rotatable bonds is 5. The van der Waals surface area contributed by atoms with Crippen molar-refractivity contribution in [3.63, 3.8) is 0 Å². The summed E-state index contributed by atoms with van der Waals surface area (Å²) in [6.45, 7) is 0.796. The third kappa shape index (κ3) is 4.41. The van der Waals surface area contributed by atoms with Crippen LogP contribution in [-0.2, 0) is 17.9 Å². The fraction of sp³-hybridized carbons (Fsp3) is 0.130. The van der Waals surface area contributed by atoms with Gasteiger partial charge in [0.2, 0.25) is 0 Å². The molecule has 0 saturated carbocycles. The average Bonchev–Trinajstić information content (AvgIpc) is 2.75. The fourth-order valence-electron chi connectivity index (χ4n) is 3.17. The van der Waals surface area contributed by atoms with Gasteiger partial charge in [-0.3, -0.25) is 9.59 Å². The maximum absolute atomic E-state index is 12.6. The summed E-state index contributed by atoms with van der Waals surface area (Å²) in [4.78, 5) is 26.8. The molecule has 146 valence electrons. The molecule has 5 nitrogen and oxygen atoms in total. The van der Waals surface area contributed by atoms with Gasteiger partial charge in [0.05, 0.1) is 12.2 Å². The van der Waals surface area contributed by atoms with E-state index in [2.05, 4.69) is 5.32 Å². The summed E-state index contributed by atoms with van der Waals surface area (Å²) in [7, 11) is 0. The van der Waals surface area contributed by atoms with Crippen molar-refractivity contribution < 1.29 is 14.3 Å². The van der Waals surface area contributed by atoms with Gasteiger partial charge in [0.25, 0.3) is 11.8 Å². The van der Waals surface area contributed by atoms with Gasteiger partial charge in [0, 0.05) is 17.1 Å². The number of anilines is 1. The molecular weight excluding hydrogens is 388 g/mol. The van der Waals surface area contributed by atoms with E-state index in [0.29, 0.717) is 35.1 Å². The van der Waals surface area contributed by atoms with E-state index < -0.39 is 0 Å². The smallest absolute Gasteiger partial charge is 0.265 e. The zero-order valence-electron chi connectivity index (χ0n) is 15.6. The van der Waals surface area contributed by atoms with Gasteiger partial charge in [-0.2, -0.15) is 0 Å². The number of carbonyl (C=O) groups excluding carboxylic acids is 2. The minimum absolute atomic E-state index is 0.0120. The van der Waals surface area contributed by atoms with Crippen LogP contribution >= 0.6 is 11.6 Å². The normalized spacial score (nSPS) is 12.9. The highest BCUT2D eigenvalue weighted by Crippen LogP contribution is 2.34. The fourth-order valence-corrected chi connectivity index (χ4v) is 3.30. The lowest BCUT2D eigenvalue weighted by Gasteiger charge is -2.29. The second-order valence-electron chi connectivity index (χ2n) is 6.75. The molecule has 0 aliphatic carbocycles. The maximum Gasteiger partial charge on any atom is 0.265 e. The summed E-state index contributed by atoms with van der Waals surface area (Å²) in [5.74, 6) is 0.232. The molecule has 1 aliphatic heterocycles. The molecule has 0 spiro atoms. The summed E-state index contributed by atoms with van der Waals surface area (Å²) in [6, 6.07) is 22.2. The molecule has 1 N–H and O–H groups in total. The zero-order chi connectivity index (χ0) is 20.2. The van der Waals surface area contributed by atoms with E-state index in [4.69, 9.17) is 16.3 Å². The highest BCUT2D eigenvalue weighted by atomic mass is 35.5. The highest BCUT2D eigenvalue weighted by molar-refractivity contribution is 6.30. The van der Waals surface area contributed by atoms with Crippen molar-refractivity contribution >= 4 is 29.1 Å². The first-order valence-corrected chi connectivity index (χ1v) is 9.62. The summed E-state index contributed by atoms with van der Waals surface area (Å²) < 4.78 is 5.54. The number of hydrogen-bond acceptors (Lipinski definition) is 3. The highest BCUT2D eigenvalue weighted by Gasteiger charge is 2.26. The van der Waals surface area contributed by atoms with Crippen LogP contribution in [0, 0.1) is 0 Å². The predicted molar refractivity (Wildman–Crippen MR) is 112 cm³/mol. The van der Waals surface area contributed by atoms with Crippen LogP contribution in [0.3, 0.4) is 0 Å². The molecule has 0 saturated heterocycles. The van der Waals surface area contributed by atoms with Gasteiger partial charge in [0.1, 0.15) is 5.75 Å². The molecule has 0 radical (unpaired) electrons. The van der Waals surface area contributed by atoms with E-state index in [1.807, 2.05) is 42.5 Å². The molecule has 0 atom stereocenters. The van der Waals surface area contributed by atoms with Gasteiger partial charge in [-0.15, -0.1) is 0 Å². The summed E-state index contributed by atoms with van der Waals surface area (Å²) in [5, 5.41) is 3.54. The number of ether oxygens (including phenoxy) is 1. The molecule has 0 unspecified atom stereocenters. The van der Waals surface area contributed by atoms with Crippen LogP contribution < -0.4 is 15.0 Å². The Balaban J connectivity index is 1.53. The third-order valence-corrected chi connectivity index (χ3v) is 4.97. The Hall–Kier alpha value is -3.31. The molecule has 4 rings (SSSR count). The van der Waals surface area contributed by atoms with Crippen LogP contribution in [-0.4, -0.2) is 18.4 Å². The van der Waals surface area contributed by atoms with E-state index in [1.165, 1.54) is 0 Å². The van der Waals surface area contributed by atoms with E-state index in [0.717, 1.165) is 11.1 Å².